The van der Waals surface area contributed by atoms with Crippen LogP contribution in [0.25, 0.3) is 26.8 Å². The average molecular weight is 489 g/mol. The van der Waals surface area contributed by atoms with Crippen molar-refractivity contribution in [2.45, 2.75) is 58.5 Å². The molecule has 7 heteroatoms. The number of aryl methyl sites for hydroxylation is 1. The first-order chi connectivity index (χ1) is 15.8. The molecule has 0 atom stereocenters. The minimum atomic E-state index is -4.45. The van der Waals surface area contributed by atoms with Gasteiger partial charge >= 0.3 is 12.1 Å². The SMILES string of the molecule is C/C(=C/C(=O)O)c1cc2c(-c3c4c(cc(C(C)(C)C)c3OCC(F)(F)F)CCC4)cccc2s1. The minimum Gasteiger partial charge on any atom is -0.483 e. The van der Waals surface area contributed by atoms with Crippen molar-refractivity contribution in [2.75, 3.05) is 6.61 Å². The molecule has 0 spiro atoms. The molecule has 34 heavy (non-hydrogen) atoms. The molecule has 0 saturated carbocycles. The van der Waals surface area contributed by atoms with Gasteiger partial charge in [-0.2, -0.15) is 13.2 Å². The molecule has 0 saturated heterocycles. The van der Waals surface area contributed by atoms with Crippen molar-refractivity contribution in [3.05, 3.63) is 58.0 Å². The average Bonchev–Trinajstić information content (AvgIpc) is 3.36. The summed E-state index contributed by atoms with van der Waals surface area (Å²) in [7, 11) is 0. The van der Waals surface area contributed by atoms with Gasteiger partial charge in [-0.3, -0.25) is 0 Å². The van der Waals surface area contributed by atoms with Crippen LogP contribution in [0.1, 0.15) is 55.7 Å². The highest BCUT2D eigenvalue weighted by Crippen LogP contribution is 2.49. The zero-order valence-corrected chi connectivity index (χ0v) is 20.4. The summed E-state index contributed by atoms with van der Waals surface area (Å²) in [6.45, 7) is 6.34. The van der Waals surface area contributed by atoms with E-state index in [1.54, 1.807) is 6.92 Å². The Morgan fingerprint density at radius 2 is 1.91 bits per heavy atom. The zero-order valence-electron chi connectivity index (χ0n) is 19.6. The standard InChI is InChI=1S/C27H27F3O3S/c1-15(11-23(31)32)22-13-19-18(9-6-10-21(19)34-22)24-17-8-5-7-16(17)12-20(26(2,3)4)25(24)33-14-27(28,29)30/h6,9-13H,5,7-8,14H2,1-4H3,(H,31,32)/b15-11-. The normalized spacial score (nSPS) is 14.5. The van der Waals surface area contributed by atoms with Gasteiger partial charge in [-0.1, -0.05) is 39.0 Å². The first-order valence-electron chi connectivity index (χ1n) is 11.2. The predicted molar refractivity (Wildman–Crippen MR) is 131 cm³/mol. The number of allylic oxidation sites excluding steroid dienone is 1. The Kier molecular flexibility index (Phi) is 6.27. The molecule has 1 heterocycles. The number of halogens is 3. The van der Waals surface area contributed by atoms with Crippen LogP contribution in [-0.4, -0.2) is 23.9 Å². The minimum absolute atomic E-state index is 0.295. The van der Waals surface area contributed by atoms with Gasteiger partial charge in [-0.25, -0.2) is 4.79 Å². The molecular formula is C27H27F3O3S. The number of carboxylic acid groups (broad SMARTS) is 1. The highest BCUT2D eigenvalue weighted by atomic mass is 32.1. The first kappa shape index (κ1) is 24.3. The number of benzene rings is 2. The molecule has 0 bridgehead atoms. The highest BCUT2D eigenvalue weighted by Gasteiger charge is 2.33. The molecule has 1 N–H and O–H groups in total. The Labute approximate surface area is 200 Å². The fraction of sp³-hybridized carbons (Fsp3) is 0.370. The van der Waals surface area contributed by atoms with Gasteiger partial charge in [0.2, 0.25) is 0 Å². The summed E-state index contributed by atoms with van der Waals surface area (Å²) < 4.78 is 46.3. The number of carboxylic acids is 1. The molecule has 180 valence electrons. The number of hydrogen-bond acceptors (Lipinski definition) is 3. The van der Waals surface area contributed by atoms with Crippen molar-refractivity contribution in [1.29, 1.82) is 0 Å². The molecule has 3 aromatic rings. The largest absolute Gasteiger partial charge is 0.483 e. The molecule has 1 aliphatic carbocycles. The molecule has 0 amide bonds. The zero-order chi connectivity index (χ0) is 24.8. The summed E-state index contributed by atoms with van der Waals surface area (Å²) in [5.74, 6) is -0.725. The van der Waals surface area contributed by atoms with Gasteiger partial charge in [0.15, 0.2) is 6.61 Å². The van der Waals surface area contributed by atoms with E-state index in [1.807, 2.05) is 51.1 Å². The predicted octanol–water partition coefficient (Wildman–Crippen LogP) is 7.78. The van der Waals surface area contributed by atoms with Gasteiger partial charge in [-0.05, 0) is 66.0 Å². The van der Waals surface area contributed by atoms with Crippen molar-refractivity contribution >= 4 is 33.0 Å². The molecule has 1 aliphatic rings. The third-order valence-electron chi connectivity index (χ3n) is 6.10. The Hall–Kier alpha value is -2.80. The number of carbonyl (C=O) groups is 1. The molecule has 4 rings (SSSR count). The van der Waals surface area contributed by atoms with Gasteiger partial charge < -0.3 is 9.84 Å². The highest BCUT2D eigenvalue weighted by molar-refractivity contribution is 7.20. The summed E-state index contributed by atoms with van der Waals surface area (Å²) in [6, 6.07) is 9.73. The van der Waals surface area contributed by atoms with Gasteiger partial charge in [0.1, 0.15) is 5.75 Å². The summed E-state index contributed by atoms with van der Waals surface area (Å²) in [5.41, 5.74) is 4.74. The summed E-state index contributed by atoms with van der Waals surface area (Å²) in [6.07, 6.45) is -0.676. The quantitative estimate of drug-likeness (QED) is 0.373. The van der Waals surface area contributed by atoms with E-state index in [0.717, 1.165) is 62.0 Å². The second-order valence-electron chi connectivity index (χ2n) is 9.77. The van der Waals surface area contributed by atoms with E-state index < -0.39 is 24.2 Å². The van der Waals surface area contributed by atoms with Crippen LogP contribution in [0, 0.1) is 0 Å². The smallest absolute Gasteiger partial charge is 0.422 e. The van der Waals surface area contributed by atoms with E-state index in [9.17, 15) is 18.0 Å². The topological polar surface area (TPSA) is 46.5 Å². The third kappa shape index (κ3) is 4.85. The lowest BCUT2D eigenvalue weighted by atomic mass is 9.81. The lowest BCUT2D eigenvalue weighted by Crippen LogP contribution is -2.22. The van der Waals surface area contributed by atoms with Crippen LogP contribution in [0.2, 0.25) is 0 Å². The maximum Gasteiger partial charge on any atom is 0.422 e. The maximum absolute atomic E-state index is 13.2. The monoisotopic (exact) mass is 488 g/mol. The molecule has 0 aliphatic heterocycles. The lowest BCUT2D eigenvalue weighted by Gasteiger charge is -2.28. The molecule has 0 unspecified atom stereocenters. The molecule has 1 aromatic heterocycles. The Morgan fingerprint density at radius 1 is 1.18 bits per heavy atom. The van der Waals surface area contributed by atoms with Crippen LogP contribution in [0.4, 0.5) is 13.2 Å². The van der Waals surface area contributed by atoms with E-state index in [-0.39, 0.29) is 0 Å². The van der Waals surface area contributed by atoms with E-state index >= 15 is 0 Å². The fourth-order valence-corrected chi connectivity index (χ4v) is 5.66. The maximum atomic E-state index is 13.2. The van der Waals surface area contributed by atoms with E-state index in [0.29, 0.717) is 11.3 Å². The second-order valence-corrected chi connectivity index (χ2v) is 10.9. The van der Waals surface area contributed by atoms with E-state index in [4.69, 9.17) is 9.84 Å². The number of aliphatic carboxylic acids is 1. The van der Waals surface area contributed by atoms with E-state index in [1.165, 1.54) is 17.4 Å². The molecule has 0 radical (unpaired) electrons. The second kappa shape index (κ2) is 8.77. The van der Waals surface area contributed by atoms with Crippen LogP contribution in [0.3, 0.4) is 0 Å². The van der Waals surface area contributed by atoms with Crippen molar-refractivity contribution in [3.63, 3.8) is 0 Å². The van der Waals surface area contributed by atoms with Crippen LogP contribution in [-0.2, 0) is 23.1 Å². The van der Waals surface area contributed by atoms with E-state index in [2.05, 4.69) is 0 Å². The molecule has 2 aromatic carbocycles. The van der Waals surface area contributed by atoms with Crippen molar-refractivity contribution in [2.24, 2.45) is 0 Å². The number of thiophene rings is 1. The van der Waals surface area contributed by atoms with Gasteiger partial charge in [0.25, 0.3) is 0 Å². The van der Waals surface area contributed by atoms with Crippen LogP contribution in [0.15, 0.2) is 36.4 Å². The van der Waals surface area contributed by atoms with Crippen molar-refractivity contribution < 1.29 is 27.8 Å². The number of ether oxygens (including phenoxy) is 1. The Balaban J connectivity index is 2.01. The molecular weight excluding hydrogens is 461 g/mol. The Morgan fingerprint density at radius 3 is 2.56 bits per heavy atom. The van der Waals surface area contributed by atoms with Crippen LogP contribution < -0.4 is 4.74 Å². The Bertz CT molecular complexity index is 1290. The van der Waals surface area contributed by atoms with Crippen molar-refractivity contribution in [1.82, 2.24) is 0 Å². The van der Waals surface area contributed by atoms with Gasteiger partial charge in [0, 0.05) is 32.2 Å². The number of rotatable bonds is 5. The first-order valence-corrected chi connectivity index (χ1v) is 12.0. The number of alkyl halides is 3. The summed E-state index contributed by atoms with van der Waals surface area (Å²) in [4.78, 5) is 12.0. The third-order valence-corrected chi connectivity index (χ3v) is 7.34. The van der Waals surface area contributed by atoms with Gasteiger partial charge in [0.05, 0.1) is 0 Å². The number of fused-ring (bicyclic) bond motifs is 2. The fourth-order valence-electron chi connectivity index (χ4n) is 4.60. The number of hydrogen-bond donors (Lipinski definition) is 1. The van der Waals surface area contributed by atoms with Crippen molar-refractivity contribution in [3.8, 4) is 16.9 Å². The molecule has 0 fully saturated rings. The molecule has 3 nitrogen and oxygen atoms in total. The van der Waals surface area contributed by atoms with Crippen LogP contribution >= 0.6 is 11.3 Å². The lowest BCUT2D eigenvalue weighted by molar-refractivity contribution is -0.153. The summed E-state index contributed by atoms with van der Waals surface area (Å²) in [5, 5.41) is 10.0. The van der Waals surface area contributed by atoms with Gasteiger partial charge in [-0.15, -0.1) is 11.3 Å². The van der Waals surface area contributed by atoms with Crippen LogP contribution in [0.5, 0.6) is 5.75 Å². The summed E-state index contributed by atoms with van der Waals surface area (Å²) >= 11 is 1.47.